The Morgan fingerprint density at radius 2 is 2.22 bits per heavy atom. The van der Waals surface area contributed by atoms with Gasteiger partial charge in [-0.25, -0.2) is 4.98 Å². The van der Waals surface area contributed by atoms with Crippen LogP contribution in [0.2, 0.25) is 0 Å². The van der Waals surface area contributed by atoms with Gasteiger partial charge in [0.2, 0.25) is 5.13 Å². The van der Waals surface area contributed by atoms with Crippen LogP contribution >= 0.6 is 11.3 Å². The number of amides is 1. The maximum atomic E-state index is 12.2. The van der Waals surface area contributed by atoms with Gasteiger partial charge in [0.25, 0.3) is 5.91 Å². The fourth-order valence-electron chi connectivity index (χ4n) is 2.49. The molecule has 9 heteroatoms. The van der Waals surface area contributed by atoms with Crippen LogP contribution < -0.4 is 14.9 Å². The first kappa shape index (κ1) is 19.1. The zero-order chi connectivity index (χ0) is 19.1. The monoisotopic (exact) mass is 390 g/mol. The van der Waals surface area contributed by atoms with Crippen molar-refractivity contribution >= 4 is 28.6 Å². The Balaban J connectivity index is 1.57. The zero-order valence-corrected chi connectivity index (χ0v) is 16.1. The van der Waals surface area contributed by atoms with Gasteiger partial charge >= 0.3 is 0 Å². The SMILES string of the molecule is COc1cc(C=NNc2nc(C)cs2)ccc1OCC(=O)N1CCOCC1. The third kappa shape index (κ3) is 5.41. The molecule has 3 rings (SSSR count). The summed E-state index contributed by atoms with van der Waals surface area (Å²) in [7, 11) is 1.56. The summed E-state index contributed by atoms with van der Waals surface area (Å²) in [5, 5.41) is 6.85. The molecule has 27 heavy (non-hydrogen) atoms. The molecule has 1 aromatic carbocycles. The van der Waals surface area contributed by atoms with Gasteiger partial charge in [-0.3, -0.25) is 10.2 Å². The molecular formula is C18H22N4O4S. The molecule has 0 aliphatic carbocycles. The Labute approximate surface area is 161 Å². The van der Waals surface area contributed by atoms with Crippen molar-refractivity contribution in [3.8, 4) is 11.5 Å². The first-order valence-corrected chi connectivity index (χ1v) is 9.41. The van der Waals surface area contributed by atoms with Gasteiger partial charge in [-0.05, 0) is 30.7 Å². The van der Waals surface area contributed by atoms with Gasteiger partial charge in [-0.15, -0.1) is 11.3 Å². The first-order valence-electron chi connectivity index (χ1n) is 8.53. The minimum Gasteiger partial charge on any atom is -0.493 e. The Hall–Kier alpha value is -2.65. The molecule has 8 nitrogen and oxygen atoms in total. The van der Waals surface area contributed by atoms with Gasteiger partial charge < -0.3 is 19.1 Å². The van der Waals surface area contributed by atoms with Crippen molar-refractivity contribution in [1.82, 2.24) is 9.88 Å². The third-order valence-electron chi connectivity index (χ3n) is 3.90. The van der Waals surface area contributed by atoms with Crippen molar-refractivity contribution in [2.75, 3.05) is 45.4 Å². The second-order valence-corrected chi connectivity index (χ2v) is 6.71. The number of benzene rings is 1. The van der Waals surface area contributed by atoms with Crippen LogP contribution in [0.15, 0.2) is 28.7 Å². The molecule has 0 saturated carbocycles. The third-order valence-corrected chi connectivity index (χ3v) is 4.76. The summed E-state index contributed by atoms with van der Waals surface area (Å²) in [4.78, 5) is 18.2. The number of carbonyl (C=O) groups excluding carboxylic acids is 1. The van der Waals surface area contributed by atoms with Crippen LogP contribution in [-0.2, 0) is 9.53 Å². The van der Waals surface area contributed by atoms with Gasteiger partial charge in [0, 0.05) is 18.5 Å². The average molecular weight is 390 g/mol. The van der Waals surface area contributed by atoms with Crippen LogP contribution in [0.4, 0.5) is 5.13 Å². The van der Waals surface area contributed by atoms with Crippen molar-refractivity contribution in [2.24, 2.45) is 5.10 Å². The van der Waals surface area contributed by atoms with E-state index in [4.69, 9.17) is 14.2 Å². The Bertz CT molecular complexity index is 802. The van der Waals surface area contributed by atoms with E-state index in [0.29, 0.717) is 37.8 Å². The van der Waals surface area contributed by atoms with Gasteiger partial charge in [0.1, 0.15) is 0 Å². The molecule has 2 heterocycles. The number of hydrazone groups is 1. The minimum atomic E-state index is -0.0612. The van der Waals surface area contributed by atoms with Crippen molar-refractivity contribution in [3.63, 3.8) is 0 Å². The van der Waals surface area contributed by atoms with E-state index in [-0.39, 0.29) is 12.5 Å². The summed E-state index contributed by atoms with van der Waals surface area (Å²) >= 11 is 1.49. The van der Waals surface area contributed by atoms with E-state index in [2.05, 4.69) is 15.5 Å². The highest BCUT2D eigenvalue weighted by Crippen LogP contribution is 2.27. The van der Waals surface area contributed by atoms with Gasteiger partial charge in [0.15, 0.2) is 18.1 Å². The summed E-state index contributed by atoms with van der Waals surface area (Å²) in [5.41, 5.74) is 4.67. The molecule has 1 aliphatic rings. The molecule has 1 amide bonds. The second kappa shape index (κ2) is 9.33. The Kier molecular flexibility index (Phi) is 6.61. The molecule has 1 aromatic heterocycles. The predicted octanol–water partition coefficient (Wildman–Crippen LogP) is 2.14. The molecule has 0 bridgehead atoms. The fraction of sp³-hybridized carbons (Fsp3) is 0.389. The fourth-order valence-corrected chi connectivity index (χ4v) is 3.13. The quantitative estimate of drug-likeness (QED) is 0.576. The van der Waals surface area contributed by atoms with Crippen LogP contribution in [0.1, 0.15) is 11.3 Å². The van der Waals surface area contributed by atoms with Crippen LogP contribution in [-0.4, -0.2) is 62.0 Å². The standard InChI is InChI=1S/C18H22N4O4S/c1-13-12-27-18(20-13)21-19-10-14-3-4-15(16(9-14)24-2)26-11-17(23)22-5-7-25-8-6-22/h3-4,9-10,12H,5-8,11H2,1-2H3,(H,20,21). The van der Waals surface area contributed by atoms with Crippen LogP contribution in [0.3, 0.4) is 0 Å². The lowest BCUT2D eigenvalue weighted by molar-refractivity contribution is -0.137. The lowest BCUT2D eigenvalue weighted by Gasteiger charge is -2.26. The lowest BCUT2D eigenvalue weighted by Crippen LogP contribution is -2.43. The maximum Gasteiger partial charge on any atom is 0.260 e. The number of morpholine rings is 1. The number of ether oxygens (including phenoxy) is 3. The number of nitrogens with zero attached hydrogens (tertiary/aromatic N) is 3. The predicted molar refractivity (Wildman–Crippen MR) is 104 cm³/mol. The number of methoxy groups -OCH3 is 1. The summed E-state index contributed by atoms with van der Waals surface area (Å²) in [6.45, 7) is 4.23. The molecule has 1 saturated heterocycles. The number of aryl methyl sites for hydroxylation is 1. The molecule has 1 aliphatic heterocycles. The highest BCUT2D eigenvalue weighted by Gasteiger charge is 2.18. The lowest BCUT2D eigenvalue weighted by atomic mass is 10.2. The number of aromatic nitrogens is 1. The topological polar surface area (TPSA) is 85.3 Å². The van der Waals surface area contributed by atoms with E-state index >= 15 is 0 Å². The van der Waals surface area contributed by atoms with E-state index in [1.54, 1.807) is 30.4 Å². The molecule has 0 atom stereocenters. The van der Waals surface area contributed by atoms with Crippen molar-refractivity contribution < 1.29 is 19.0 Å². The van der Waals surface area contributed by atoms with Crippen molar-refractivity contribution in [2.45, 2.75) is 6.92 Å². The largest absolute Gasteiger partial charge is 0.493 e. The number of hydrogen-bond donors (Lipinski definition) is 1. The molecule has 0 radical (unpaired) electrons. The molecule has 2 aromatic rings. The Morgan fingerprint density at radius 3 is 2.93 bits per heavy atom. The van der Waals surface area contributed by atoms with E-state index in [1.165, 1.54) is 11.3 Å². The van der Waals surface area contributed by atoms with Crippen LogP contribution in [0, 0.1) is 6.92 Å². The van der Waals surface area contributed by atoms with Crippen molar-refractivity contribution in [1.29, 1.82) is 0 Å². The number of thiazole rings is 1. The normalized spacial score (nSPS) is 14.4. The number of nitrogens with one attached hydrogen (secondary N) is 1. The van der Waals surface area contributed by atoms with Crippen molar-refractivity contribution in [3.05, 3.63) is 34.8 Å². The number of anilines is 1. The van der Waals surface area contributed by atoms with E-state index < -0.39 is 0 Å². The molecule has 144 valence electrons. The molecular weight excluding hydrogens is 368 g/mol. The maximum absolute atomic E-state index is 12.2. The number of rotatable bonds is 7. The summed E-state index contributed by atoms with van der Waals surface area (Å²) in [6, 6.07) is 5.41. The smallest absolute Gasteiger partial charge is 0.260 e. The number of carbonyl (C=O) groups is 1. The van der Waals surface area contributed by atoms with E-state index in [1.807, 2.05) is 18.4 Å². The van der Waals surface area contributed by atoms with Crippen LogP contribution in [0.25, 0.3) is 0 Å². The minimum absolute atomic E-state index is 0.0330. The second-order valence-electron chi connectivity index (χ2n) is 5.86. The first-order chi connectivity index (χ1) is 13.2. The zero-order valence-electron chi connectivity index (χ0n) is 15.3. The van der Waals surface area contributed by atoms with Gasteiger partial charge in [-0.2, -0.15) is 5.10 Å². The number of hydrogen-bond acceptors (Lipinski definition) is 8. The highest BCUT2D eigenvalue weighted by molar-refractivity contribution is 7.13. The van der Waals surface area contributed by atoms with E-state index in [9.17, 15) is 4.79 Å². The van der Waals surface area contributed by atoms with Crippen LogP contribution in [0.5, 0.6) is 11.5 Å². The molecule has 0 spiro atoms. The molecule has 1 N–H and O–H groups in total. The summed E-state index contributed by atoms with van der Waals surface area (Å²) in [5.74, 6) is 0.993. The Morgan fingerprint density at radius 1 is 1.41 bits per heavy atom. The molecule has 0 unspecified atom stereocenters. The summed E-state index contributed by atoms with van der Waals surface area (Å²) in [6.07, 6.45) is 1.67. The highest BCUT2D eigenvalue weighted by atomic mass is 32.1. The average Bonchev–Trinajstić information content (AvgIpc) is 3.12. The van der Waals surface area contributed by atoms with E-state index in [0.717, 1.165) is 16.4 Å². The van der Waals surface area contributed by atoms with Gasteiger partial charge in [0.05, 0.1) is 32.2 Å². The summed E-state index contributed by atoms with van der Waals surface area (Å²) < 4.78 is 16.3. The molecule has 1 fully saturated rings. The van der Waals surface area contributed by atoms with Gasteiger partial charge in [-0.1, -0.05) is 0 Å².